The van der Waals surface area contributed by atoms with E-state index in [0.717, 1.165) is 11.3 Å². The van der Waals surface area contributed by atoms with Gasteiger partial charge in [-0.1, -0.05) is 0 Å². The molecule has 1 heterocycles. The molecule has 0 aliphatic heterocycles. The molecule has 2 rings (SSSR count). The van der Waals surface area contributed by atoms with Crippen LogP contribution in [0.3, 0.4) is 0 Å². The zero-order chi connectivity index (χ0) is 14.7. The first-order chi connectivity index (χ1) is 9.56. The van der Waals surface area contributed by atoms with E-state index < -0.39 is 0 Å². The van der Waals surface area contributed by atoms with E-state index in [1.54, 1.807) is 25.3 Å². The van der Waals surface area contributed by atoms with Crippen molar-refractivity contribution in [2.24, 2.45) is 0 Å². The highest BCUT2D eigenvalue weighted by atomic mass is 16.5. The van der Waals surface area contributed by atoms with Gasteiger partial charge < -0.3 is 14.8 Å². The zero-order valence-corrected chi connectivity index (χ0v) is 11.9. The second kappa shape index (κ2) is 5.64. The van der Waals surface area contributed by atoms with Gasteiger partial charge in [0.25, 0.3) is 5.91 Å². The Kier molecular flexibility index (Phi) is 3.93. The van der Waals surface area contributed by atoms with Crippen LogP contribution in [0, 0.1) is 13.8 Å². The number of hydrogen-bond acceptors (Lipinski definition) is 4. The maximum Gasteiger partial charge on any atom is 0.260 e. The molecule has 2 aromatic rings. The maximum atomic E-state index is 12.3. The van der Waals surface area contributed by atoms with Crippen LogP contribution < -0.4 is 14.8 Å². The van der Waals surface area contributed by atoms with E-state index in [4.69, 9.17) is 9.47 Å². The van der Waals surface area contributed by atoms with Crippen molar-refractivity contribution in [1.82, 2.24) is 10.2 Å². The number of amides is 1. The van der Waals surface area contributed by atoms with E-state index in [0.29, 0.717) is 22.9 Å². The first kappa shape index (κ1) is 13.9. The summed E-state index contributed by atoms with van der Waals surface area (Å²) in [5.74, 6) is 1.32. The smallest absolute Gasteiger partial charge is 0.260 e. The number of nitrogens with zero attached hydrogens (tertiary/aromatic N) is 1. The number of methoxy groups -OCH3 is 2. The van der Waals surface area contributed by atoms with Crippen molar-refractivity contribution in [2.75, 3.05) is 19.5 Å². The maximum absolute atomic E-state index is 12.3. The number of aryl methyl sites for hydroxylation is 1. The lowest BCUT2D eigenvalue weighted by Crippen LogP contribution is -2.14. The van der Waals surface area contributed by atoms with Crippen molar-refractivity contribution >= 4 is 11.7 Å². The van der Waals surface area contributed by atoms with Crippen molar-refractivity contribution in [3.8, 4) is 11.5 Å². The van der Waals surface area contributed by atoms with Crippen LogP contribution in [0.25, 0.3) is 0 Å². The van der Waals surface area contributed by atoms with Gasteiger partial charge in [0.2, 0.25) is 0 Å². The highest BCUT2D eigenvalue weighted by molar-refractivity contribution is 6.06. The Morgan fingerprint density at radius 2 is 2.00 bits per heavy atom. The third-order valence-electron chi connectivity index (χ3n) is 3.14. The largest absolute Gasteiger partial charge is 0.497 e. The molecule has 1 aromatic carbocycles. The van der Waals surface area contributed by atoms with Crippen molar-refractivity contribution in [2.45, 2.75) is 13.8 Å². The minimum atomic E-state index is -0.279. The molecule has 0 unspecified atom stereocenters. The molecule has 6 heteroatoms. The second-order valence-electron chi connectivity index (χ2n) is 4.34. The first-order valence-corrected chi connectivity index (χ1v) is 6.11. The summed E-state index contributed by atoms with van der Waals surface area (Å²) in [4.78, 5) is 12.3. The summed E-state index contributed by atoms with van der Waals surface area (Å²) in [5, 5.41) is 9.63. The second-order valence-corrected chi connectivity index (χ2v) is 4.34. The van der Waals surface area contributed by atoms with Crippen molar-refractivity contribution in [3.63, 3.8) is 0 Å². The summed E-state index contributed by atoms with van der Waals surface area (Å²) in [6, 6.07) is 5.03. The molecule has 0 atom stereocenters. The molecular weight excluding hydrogens is 258 g/mol. The fourth-order valence-corrected chi connectivity index (χ4v) is 1.77. The van der Waals surface area contributed by atoms with Crippen molar-refractivity contribution in [1.29, 1.82) is 0 Å². The average Bonchev–Trinajstić information content (AvgIpc) is 2.78. The molecule has 0 fully saturated rings. The van der Waals surface area contributed by atoms with Gasteiger partial charge in [0.15, 0.2) is 5.82 Å². The molecule has 0 saturated heterocycles. The third-order valence-corrected chi connectivity index (χ3v) is 3.14. The van der Waals surface area contributed by atoms with Crippen LogP contribution in [0.1, 0.15) is 21.6 Å². The van der Waals surface area contributed by atoms with Crippen LogP contribution >= 0.6 is 0 Å². The number of benzene rings is 1. The Morgan fingerprint density at radius 1 is 1.25 bits per heavy atom. The molecule has 1 amide bonds. The van der Waals surface area contributed by atoms with Crippen LogP contribution in [0.5, 0.6) is 11.5 Å². The fourth-order valence-electron chi connectivity index (χ4n) is 1.77. The van der Waals surface area contributed by atoms with E-state index >= 15 is 0 Å². The lowest BCUT2D eigenvalue weighted by Gasteiger charge is -2.10. The Bertz CT molecular complexity index is 635. The summed E-state index contributed by atoms with van der Waals surface area (Å²) in [6.07, 6.45) is 0. The lowest BCUT2D eigenvalue weighted by molar-refractivity contribution is 0.102. The van der Waals surface area contributed by atoms with Gasteiger partial charge in [0.05, 0.1) is 19.8 Å². The molecule has 6 nitrogen and oxygen atoms in total. The molecule has 0 radical (unpaired) electrons. The number of aromatic amines is 1. The number of aromatic nitrogens is 2. The summed E-state index contributed by atoms with van der Waals surface area (Å²) in [7, 11) is 3.07. The van der Waals surface area contributed by atoms with Gasteiger partial charge in [0, 0.05) is 17.3 Å². The van der Waals surface area contributed by atoms with Crippen LogP contribution in [0.4, 0.5) is 5.82 Å². The van der Waals surface area contributed by atoms with E-state index in [1.807, 2.05) is 13.8 Å². The van der Waals surface area contributed by atoms with Crippen LogP contribution in [0.2, 0.25) is 0 Å². The first-order valence-electron chi connectivity index (χ1n) is 6.11. The number of rotatable bonds is 4. The predicted molar refractivity (Wildman–Crippen MR) is 75.6 cm³/mol. The Morgan fingerprint density at radius 3 is 2.55 bits per heavy atom. The summed E-state index contributed by atoms with van der Waals surface area (Å²) >= 11 is 0. The molecule has 20 heavy (non-hydrogen) atoms. The van der Waals surface area contributed by atoms with Gasteiger partial charge in [0.1, 0.15) is 11.5 Å². The van der Waals surface area contributed by atoms with E-state index in [2.05, 4.69) is 15.5 Å². The zero-order valence-electron chi connectivity index (χ0n) is 11.9. The van der Waals surface area contributed by atoms with Gasteiger partial charge in [-0.3, -0.25) is 9.89 Å². The summed E-state index contributed by atoms with van der Waals surface area (Å²) < 4.78 is 10.3. The topological polar surface area (TPSA) is 76.2 Å². The van der Waals surface area contributed by atoms with Gasteiger partial charge >= 0.3 is 0 Å². The SMILES string of the molecule is COc1ccc(C(=O)Nc2n[nH]c(C)c2C)c(OC)c1. The monoisotopic (exact) mass is 275 g/mol. The van der Waals surface area contributed by atoms with Crippen LogP contribution in [0.15, 0.2) is 18.2 Å². The molecular formula is C14H17N3O3. The minimum Gasteiger partial charge on any atom is -0.497 e. The van der Waals surface area contributed by atoms with Gasteiger partial charge in [-0.15, -0.1) is 0 Å². The molecule has 0 aliphatic rings. The third kappa shape index (κ3) is 2.59. The highest BCUT2D eigenvalue weighted by Crippen LogP contribution is 2.25. The van der Waals surface area contributed by atoms with E-state index in [9.17, 15) is 4.79 Å². The lowest BCUT2D eigenvalue weighted by atomic mass is 10.1. The van der Waals surface area contributed by atoms with Crippen LogP contribution in [-0.2, 0) is 0 Å². The molecule has 0 saturated carbocycles. The Hall–Kier alpha value is -2.50. The average molecular weight is 275 g/mol. The highest BCUT2D eigenvalue weighted by Gasteiger charge is 2.16. The summed E-state index contributed by atoms with van der Waals surface area (Å²) in [5.41, 5.74) is 2.25. The van der Waals surface area contributed by atoms with Crippen molar-refractivity contribution in [3.05, 3.63) is 35.0 Å². The van der Waals surface area contributed by atoms with Gasteiger partial charge in [-0.2, -0.15) is 5.10 Å². The predicted octanol–water partition coefficient (Wildman–Crippen LogP) is 2.30. The fraction of sp³-hybridized carbons (Fsp3) is 0.286. The number of ether oxygens (including phenoxy) is 2. The van der Waals surface area contributed by atoms with Crippen LogP contribution in [-0.4, -0.2) is 30.3 Å². The van der Waals surface area contributed by atoms with Gasteiger partial charge in [-0.25, -0.2) is 0 Å². The number of H-pyrrole nitrogens is 1. The quantitative estimate of drug-likeness (QED) is 0.897. The molecule has 106 valence electrons. The Labute approximate surface area is 117 Å². The molecule has 0 bridgehead atoms. The molecule has 0 spiro atoms. The standard InChI is InChI=1S/C14H17N3O3/c1-8-9(2)16-17-13(8)15-14(18)11-6-5-10(19-3)7-12(11)20-4/h5-7H,1-4H3,(H2,15,16,17,18). The van der Waals surface area contributed by atoms with Crippen molar-refractivity contribution < 1.29 is 14.3 Å². The molecule has 1 aromatic heterocycles. The summed E-state index contributed by atoms with van der Waals surface area (Å²) in [6.45, 7) is 3.78. The van der Waals surface area contributed by atoms with Gasteiger partial charge in [-0.05, 0) is 26.0 Å². The molecule has 2 N–H and O–H groups in total. The van der Waals surface area contributed by atoms with E-state index in [-0.39, 0.29) is 5.91 Å². The Balaban J connectivity index is 2.27. The number of carbonyl (C=O) groups is 1. The number of nitrogens with one attached hydrogen (secondary N) is 2. The number of carbonyl (C=O) groups excluding carboxylic acids is 1. The minimum absolute atomic E-state index is 0.279. The number of hydrogen-bond donors (Lipinski definition) is 2. The molecule has 0 aliphatic carbocycles. The van der Waals surface area contributed by atoms with E-state index in [1.165, 1.54) is 7.11 Å². The normalized spacial score (nSPS) is 10.2. The number of anilines is 1.